The van der Waals surface area contributed by atoms with Crippen LogP contribution in [-0.4, -0.2) is 69.7 Å². The average molecular weight is 518 g/mol. The maximum Gasteiger partial charge on any atom is 0.326 e. The Morgan fingerprint density at radius 2 is 1.59 bits per heavy atom. The number of carboxylic acids is 1. The summed E-state index contributed by atoms with van der Waals surface area (Å²) < 4.78 is 0. The van der Waals surface area contributed by atoms with E-state index in [-0.39, 0.29) is 24.7 Å². The molecule has 3 amide bonds. The van der Waals surface area contributed by atoms with Crippen molar-refractivity contribution in [1.29, 1.82) is 0 Å². The Balaban J connectivity index is 2.30. The lowest BCUT2D eigenvalue weighted by Gasteiger charge is -2.27. The zero-order valence-corrected chi connectivity index (χ0v) is 21.8. The lowest BCUT2D eigenvalue weighted by molar-refractivity contribution is -0.144. The molecule has 11 nitrogen and oxygen atoms in total. The SMILES string of the molecule is CCC(C)C(NC(=O)C(CC(C)C)NC(=O)C(Cc1c[nH]c2ccccc12)NC(=O)C(N)CO)C(=O)O. The third-order valence-electron chi connectivity index (χ3n) is 6.38. The van der Waals surface area contributed by atoms with Gasteiger partial charge in [-0.1, -0.05) is 52.3 Å². The van der Waals surface area contributed by atoms with Crippen molar-refractivity contribution in [3.05, 3.63) is 36.0 Å². The first kappa shape index (κ1) is 29.8. The van der Waals surface area contributed by atoms with E-state index >= 15 is 0 Å². The van der Waals surface area contributed by atoms with Gasteiger partial charge in [0.2, 0.25) is 17.7 Å². The molecule has 0 spiro atoms. The number of aromatic nitrogens is 1. The van der Waals surface area contributed by atoms with Gasteiger partial charge in [0.05, 0.1) is 6.61 Å². The third kappa shape index (κ3) is 8.29. The Kier molecular flexibility index (Phi) is 11.1. The summed E-state index contributed by atoms with van der Waals surface area (Å²) in [6.45, 7) is 6.71. The van der Waals surface area contributed by atoms with Crippen molar-refractivity contribution in [2.24, 2.45) is 17.6 Å². The highest BCUT2D eigenvalue weighted by atomic mass is 16.4. The van der Waals surface area contributed by atoms with Crippen molar-refractivity contribution < 1.29 is 29.4 Å². The van der Waals surface area contributed by atoms with E-state index in [0.29, 0.717) is 6.42 Å². The minimum absolute atomic E-state index is 0.00685. The maximum absolute atomic E-state index is 13.4. The number of nitrogens with two attached hydrogens (primary N) is 1. The molecule has 37 heavy (non-hydrogen) atoms. The summed E-state index contributed by atoms with van der Waals surface area (Å²) in [6.07, 6.45) is 2.64. The molecule has 8 N–H and O–H groups in total. The summed E-state index contributed by atoms with van der Waals surface area (Å²) in [4.78, 5) is 53.9. The summed E-state index contributed by atoms with van der Waals surface area (Å²) >= 11 is 0. The molecule has 0 aliphatic carbocycles. The quantitative estimate of drug-likeness (QED) is 0.192. The summed E-state index contributed by atoms with van der Waals surface area (Å²) in [6, 6.07) is 3.04. The highest BCUT2D eigenvalue weighted by molar-refractivity contribution is 5.95. The van der Waals surface area contributed by atoms with Gasteiger partial charge in [-0.3, -0.25) is 14.4 Å². The second-order valence-corrected chi connectivity index (χ2v) is 9.81. The first-order valence-electron chi connectivity index (χ1n) is 12.5. The molecule has 0 aliphatic heterocycles. The van der Waals surface area contributed by atoms with Crippen LogP contribution in [0.4, 0.5) is 0 Å². The Morgan fingerprint density at radius 1 is 0.973 bits per heavy atom. The van der Waals surface area contributed by atoms with E-state index in [4.69, 9.17) is 5.73 Å². The van der Waals surface area contributed by atoms with Crippen LogP contribution in [0.2, 0.25) is 0 Å². The second-order valence-electron chi connectivity index (χ2n) is 9.81. The lowest BCUT2D eigenvalue weighted by Crippen LogP contribution is -2.58. The monoisotopic (exact) mass is 517 g/mol. The Labute approximate surface area is 216 Å². The maximum atomic E-state index is 13.4. The molecule has 0 saturated heterocycles. The van der Waals surface area contributed by atoms with Crippen LogP contribution < -0.4 is 21.7 Å². The number of aliphatic carboxylic acids is 1. The number of carbonyl (C=O) groups is 4. The molecule has 11 heteroatoms. The molecule has 1 aromatic carbocycles. The van der Waals surface area contributed by atoms with Crippen molar-refractivity contribution in [3.63, 3.8) is 0 Å². The van der Waals surface area contributed by atoms with E-state index in [0.717, 1.165) is 16.5 Å². The molecule has 0 aliphatic rings. The zero-order valence-electron chi connectivity index (χ0n) is 21.8. The van der Waals surface area contributed by atoms with E-state index in [2.05, 4.69) is 20.9 Å². The molecule has 5 atom stereocenters. The van der Waals surface area contributed by atoms with E-state index in [1.807, 2.05) is 45.0 Å². The van der Waals surface area contributed by atoms with Gasteiger partial charge in [0.1, 0.15) is 24.2 Å². The number of para-hydroxylation sites is 1. The van der Waals surface area contributed by atoms with Crippen molar-refractivity contribution in [1.82, 2.24) is 20.9 Å². The number of aliphatic hydroxyl groups is 1. The predicted octanol–water partition coefficient (Wildman–Crippen LogP) is 0.661. The Bertz CT molecular complexity index is 1080. The predicted molar refractivity (Wildman–Crippen MR) is 139 cm³/mol. The molecular weight excluding hydrogens is 478 g/mol. The van der Waals surface area contributed by atoms with Gasteiger partial charge >= 0.3 is 5.97 Å². The molecular formula is C26H39N5O6. The summed E-state index contributed by atoms with van der Waals surface area (Å²) in [5, 5.41) is 27.6. The number of hydrogen-bond donors (Lipinski definition) is 7. The number of benzene rings is 1. The topological polar surface area (TPSA) is 187 Å². The molecule has 1 aromatic heterocycles. The molecule has 0 radical (unpaired) electrons. The number of H-pyrrole nitrogens is 1. The first-order valence-corrected chi connectivity index (χ1v) is 12.5. The largest absolute Gasteiger partial charge is 0.480 e. The number of fused-ring (bicyclic) bond motifs is 1. The zero-order chi connectivity index (χ0) is 27.7. The smallest absolute Gasteiger partial charge is 0.326 e. The van der Waals surface area contributed by atoms with Crippen molar-refractivity contribution in [3.8, 4) is 0 Å². The van der Waals surface area contributed by atoms with E-state index in [1.165, 1.54) is 0 Å². The summed E-state index contributed by atoms with van der Waals surface area (Å²) in [5.41, 5.74) is 7.27. The van der Waals surface area contributed by atoms with Crippen LogP contribution >= 0.6 is 0 Å². The van der Waals surface area contributed by atoms with Gasteiger partial charge < -0.3 is 36.9 Å². The highest BCUT2D eigenvalue weighted by Crippen LogP contribution is 2.19. The Hall–Kier alpha value is -3.44. The second kappa shape index (κ2) is 13.8. The number of amides is 3. The molecule has 0 saturated carbocycles. The molecule has 2 rings (SSSR count). The van der Waals surface area contributed by atoms with Crippen LogP contribution in [0, 0.1) is 11.8 Å². The van der Waals surface area contributed by atoms with E-state index < -0.39 is 54.5 Å². The standard InChI is InChI=1S/C26H39N5O6/c1-5-15(4)22(26(36)37)31-25(35)20(10-14(2)3)30-24(34)21(29-23(33)18(27)13-32)11-16-12-28-19-9-7-6-8-17(16)19/h6-9,12,14-15,18,20-22,28,32H,5,10-11,13,27H2,1-4H3,(H,29,33)(H,30,34)(H,31,35)(H,36,37). The van der Waals surface area contributed by atoms with Crippen LogP contribution in [0.5, 0.6) is 0 Å². The molecule has 1 heterocycles. The number of aromatic amines is 1. The van der Waals surface area contributed by atoms with Gasteiger partial charge in [-0.25, -0.2) is 4.79 Å². The van der Waals surface area contributed by atoms with Crippen LogP contribution in [0.25, 0.3) is 10.9 Å². The van der Waals surface area contributed by atoms with Crippen LogP contribution in [-0.2, 0) is 25.6 Å². The number of nitrogens with one attached hydrogen (secondary N) is 4. The molecule has 204 valence electrons. The first-order chi connectivity index (χ1) is 17.5. The highest BCUT2D eigenvalue weighted by Gasteiger charge is 2.32. The van der Waals surface area contributed by atoms with Crippen LogP contribution in [0.15, 0.2) is 30.5 Å². The molecule has 0 bridgehead atoms. The fourth-order valence-corrected chi connectivity index (χ4v) is 4.00. The fourth-order valence-electron chi connectivity index (χ4n) is 4.00. The Morgan fingerprint density at radius 3 is 2.19 bits per heavy atom. The van der Waals surface area contributed by atoms with Gasteiger partial charge in [0, 0.05) is 23.5 Å². The van der Waals surface area contributed by atoms with E-state index in [9.17, 15) is 29.4 Å². The van der Waals surface area contributed by atoms with Gasteiger partial charge in [0.25, 0.3) is 0 Å². The van der Waals surface area contributed by atoms with Crippen molar-refractivity contribution in [2.75, 3.05) is 6.61 Å². The number of hydrogen-bond acceptors (Lipinski definition) is 6. The molecule has 5 unspecified atom stereocenters. The fraction of sp³-hybridized carbons (Fsp3) is 0.538. The van der Waals surface area contributed by atoms with Crippen molar-refractivity contribution >= 4 is 34.6 Å². The molecule has 0 fully saturated rings. The minimum atomic E-state index is -1.22. The van der Waals surface area contributed by atoms with Crippen LogP contribution in [0.1, 0.15) is 46.1 Å². The normalized spacial score (nSPS) is 15.4. The van der Waals surface area contributed by atoms with Gasteiger partial charge in [-0.05, 0) is 29.9 Å². The number of rotatable bonds is 14. The summed E-state index contributed by atoms with van der Waals surface area (Å²) in [7, 11) is 0. The summed E-state index contributed by atoms with van der Waals surface area (Å²) in [5.74, 6) is -3.41. The van der Waals surface area contributed by atoms with E-state index in [1.54, 1.807) is 13.1 Å². The molecule has 2 aromatic rings. The number of carbonyl (C=O) groups excluding carboxylic acids is 3. The number of carboxylic acid groups (broad SMARTS) is 1. The van der Waals surface area contributed by atoms with Gasteiger partial charge in [-0.2, -0.15) is 0 Å². The van der Waals surface area contributed by atoms with Crippen LogP contribution in [0.3, 0.4) is 0 Å². The van der Waals surface area contributed by atoms with Gasteiger partial charge in [-0.15, -0.1) is 0 Å². The van der Waals surface area contributed by atoms with Gasteiger partial charge in [0.15, 0.2) is 0 Å². The average Bonchev–Trinajstić information content (AvgIpc) is 3.27. The third-order valence-corrected chi connectivity index (χ3v) is 6.38. The lowest BCUT2D eigenvalue weighted by atomic mass is 9.97. The van der Waals surface area contributed by atoms with Crippen molar-refractivity contribution in [2.45, 2.75) is 71.1 Å². The minimum Gasteiger partial charge on any atom is -0.480 e. The number of aliphatic hydroxyl groups excluding tert-OH is 1.